The van der Waals surface area contributed by atoms with E-state index in [1.807, 2.05) is 0 Å². The molecule has 0 fully saturated rings. The SMILES string of the molecule is Cc1ccc2c(c1)c(C)c(Cl)n2C(C)C. The fourth-order valence-electron chi connectivity index (χ4n) is 2.06. The lowest BCUT2D eigenvalue weighted by atomic mass is 10.1. The number of fused-ring (bicyclic) bond motifs is 1. The summed E-state index contributed by atoms with van der Waals surface area (Å²) in [4.78, 5) is 0. The van der Waals surface area contributed by atoms with E-state index in [0.717, 1.165) is 5.15 Å². The van der Waals surface area contributed by atoms with Crippen LogP contribution in [0.1, 0.15) is 31.0 Å². The van der Waals surface area contributed by atoms with Gasteiger partial charge < -0.3 is 4.57 Å². The van der Waals surface area contributed by atoms with Gasteiger partial charge in [0.05, 0.1) is 0 Å². The van der Waals surface area contributed by atoms with Crippen molar-refractivity contribution in [3.8, 4) is 0 Å². The number of nitrogens with zero attached hydrogens (tertiary/aromatic N) is 1. The first-order chi connectivity index (χ1) is 7.02. The second kappa shape index (κ2) is 3.57. The molecule has 1 heterocycles. The number of hydrogen-bond donors (Lipinski definition) is 0. The molecular weight excluding hydrogens is 206 g/mol. The summed E-state index contributed by atoms with van der Waals surface area (Å²) in [6, 6.07) is 6.90. The molecule has 0 saturated heterocycles. The van der Waals surface area contributed by atoms with Crippen LogP contribution in [0, 0.1) is 13.8 Å². The summed E-state index contributed by atoms with van der Waals surface area (Å²) < 4.78 is 2.19. The van der Waals surface area contributed by atoms with Gasteiger partial charge in [-0.15, -0.1) is 0 Å². The summed E-state index contributed by atoms with van der Waals surface area (Å²) >= 11 is 6.35. The average molecular weight is 222 g/mol. The molecule has 1 nitrogen and oxygen atoms in total. The van der Waals surface area contributed by atoms with Gasteiger partial charge in [-0.2, -0.15) is 0 Å². The quantitative estimate of drug-likeness (QED) is 0.669. The maximum Gasteiger partial charge on any atom is 0.113 e. The molecule has 0 aliphatic rings. The van der Waals surface area contributed by atoms with Gasteiger partial charge >= 0.3 is 0 Å². The predicted molar refractivity (Wildman–Crippen MR) is 66.8 cm³/mol. The Morgan fingerprint density at radius 1 is 1.20 bits per heavy atom. The molecule has 1 aromatic carbocycles. The summed E-state index contributed by atoms with van der Waals surface area (Å²) in [5.74, 6) is 0. The van der Waals surface area contributed by atoms with Crippen molar-refractivity contribution in [2.45, 2.75) is 33.7 Å². The smallest absolute Gasteiger partial charge is 0.113 e. The van der Waals surface area contributed by atoms with Gasteiger partial charge in [0, 0.05) is 16.9 Å². The molecule has 0 N–H and O–H groups in total. The fraction of sp³-hybridized carbons (Fsp3) is 0.385. The molecule has 2 rings (SSSR count). The molecule has 1 aromatic heterocycles. The summed E-state index contributed by atoms with van der Waals surface area (Å²) in [6.45, 7) is 8.51. The Hall–Kier alpha value is -0.950. The van der Waals surface area contributed by atoms with E-state index >= 15 is 0 Å². The highest BCUT2D eigenvalue weighted by atomic mass is 35.5. The van der Waals surface area contributed by atoms with E-state index < -0.39 is 0 Å². The van der Waals surface area contributed by atoms with E-state index in [-0.39, 0.29) is 0 Å². The number of aryl methyl sites for hydroxylation is 2. The van der Waals surface area contributed by atoms with Crippen molar-refractivity contribution >= 4 is 22.5 Å². The van der Waals surface area contributed by atoms with Crippen molar-refractivity contribution in [2.75, 3.05) is 0 Å². The predicted octanol–water partition coefficient (Wildman–Crippen LogP) is 4.49. The Labute approximate surface area is 95.7 Å². The van der Waals surface area contributed by atoms with Gasteiger partial charge in [-0.1, -0.05) is 23.2 Å². The van der Waals surface area contributed by atoms with Crippen molar-refractivity contribution < 1.29 is 0 Å². The third-order valence-electron chi connectivity index (χ3n) is 2.85. The topological polar surface area (TPSA) is 4.93 Å². The summed E-state index contributed by atoms with van der Waals surface area (Å²) in [5.41, 5.74) is 3.70. The first-order valence-corrected chi connectivity index (χ1v) is 5.67. The zero-order valence-corrected chi connectivity index (χ0v) is 10.4. The fourth-order valence-corrected chi connectivity index (χ4v) is 2.45. The molecule has 15 heavy (non-hydrogen) atoms. The Bertz CT molecular complexity index is 509. The van der Waals surface area contributed by atoms with Crippen LogP contribution in [0.4, 0.5) is 0 Å². The Kier molecular flexibility index (Phi) is 2.51. The highest BCUT2D eigenvalue weighted by Crippen LogP contribution is 2.32. The van der Waals surface area contributed by atoms with E-state index in [0.29, 0.717) is 6.04 Å². The Morgan fingerprint density at radius 3 is 2.47 bits per heavy atom. The molecule has 0 aliphatic carbocycles. The third kappa shape index (κ3) is 1.55. The van der Waals surface area contributed by atoms with Gasteiger partial charge in [0.15, 0.2) is 0 Å². The van der Waals surface area contributed by atoms with Crippen LogP contribution in [0.25, 0.3) is 10.9 Å². The molecule has 2 aromatic rings. The normalized spacial score (nSPS) is 11.6. The van der Waals surface area contributed by atoms with Gasteiger partial charge in [0.2, 0.25) is 0 Å². The first kappa shape index (κ1) is 10.6. The minimum absolute atomic E-state index is 0.399. The van der Waals surface area contributed by atoms with Crippen molar-refractivity contribution in [3.05, 3.63) is 34.5 Å². The second-order valence-electron chi connectivity index (χ2n) is 4.40. The van der Waals surface area contributed by atoms with Crippen LogP contribution in [-0.4, -0.2) is 4.57 Å². The molecule has 0 bridgehead atoms. The van der Waals surface area contributed by atoms with Crippen LogP contribution in [0.5, 0.6) is 0 Å². The first-order valence-electron chi connectivity index (χ1n) is 5.29. The minimum atomic E-state index is 0.399. The number of benzene rings is 1. The van der Waals surface area contributed by atoms with Crippen molar-refractivity contribution in [2.24, 2.45) is 0 Å². The van der Waals surface area contributed by atoms with Crippen LogP contribution < -0.4 is 0 Å². The molecule has 2 heteroatoms. The van der Waals surface area contributed by atoms with Gasteiger partial charge in [0.25, 0.3) is 0 Å². The van der Waals surface area contributed by atoms with Crippen LogP contribution in [0.3, 0.4) is 0 Å². The lowest BCUT2D eigenvalue weighted by Crippen LogP contribution is -1.99. The second-order valence-corrected chi connectivity index (χ2v) is 4.76. The molecule has 0 radical (unpaired) electrons. The molecule has 0 spiro atoms. The zero-order valence-electron chi connectivity index (χ0n) is 9.63. The summed E-state index contributed by atoms with van der Waals surface area (Å²) in [6.07, 6.45) is 0. The maximum atomic E-state index is 6.35. The van der Waals surface area contributed by atoms with E-state index in [2.05, 4.69) is 50.5 Å². The number of halogens is 1. The van der Waals surface area contributed by atoms with Gasteiger partial charge in [0.1, 0.15) is 5.15 Å². The van der Waals surface area contributed by atoms with Crippen molar-refractivity contribution in [1.29, 1.82) is 0 Å². The summed E-state index contributed by atoms with van der Waals surface area (Å²) in [5, 5.41) is 2.14. The number of rotatable bonds is 1. The summed E-state index contributed by atoms with van der Waals surface area (Å²) in [7, 11) is 0. The number of hydrogen-bond acceptors (Lipinski definition) is 0. The molecule has 0 unspecified atom stereocenters. The van der Waals surface area contributed by atoms with Crippen LogP contribution >= 0.6 is 11.6 Å². The van der Waals surface area contributed by atoms with Crippen LogP contribution in [0.2, 0.25) is 5.15 Å². The minimum Gasteiger partial charge on any atom is -0.329 e. The van der Waals surface area contributed by atoms with E-state index in [1.165, 1.54) is 22.0 Å². The molecular formula is C13H16ClN. The number of aromatic nitrogens is 1. The third-order valence-corrected chi connectivity index (χ3v) is 3.32. The van der Waals surface area contributed by atoms with E-state index in [9.17, 15) is 0 Å². The Balaban J connectivity index is 2.87. The van der Waals surface area contributed by atoms with Crippen molar-refractivity contribution in [3.63, 3.8) is 0 Å². The highest BCUT2D eigenvalue weighted by Gasteiger charge is 2.13. The molecule has 0 aliphatic heterocycles. The van der Waals surface area contributed by atoms with E-state index in [1.54, 1.807) is 0 Å². The maximum absolute atomic E-state index is 6.35. The largest absolute Gasteiger partial charge is 0.329 e. The molecule has 0 saturated carbocycles. The Morgan fingerprint density at radius 2 is 1.87 bits per heavy atom. The van der Waals surface area contributed by atoms with Gasteiger partial charge in [-0.25, -0.2) is 0 Å². The van der Waals surface area contributed by atoms with Crippen LogP contribution in [-0.2, 0) is 0 Å². The molecule has 0 amide bonds. The van der Waals surface area contributed by atoms with Crippen LogP contribution in [0.15, 0.2) is 18.2 Å². The average Bonchev–Trinajstić information content (AvgIpc) is 2.41. The van der Waals surface area contributed by atoms with Gasteiger partial charge in [-0.3, -0.25) is 0 Å². The lowest BCUT2D eigenvalue weighted by Gasteiger charge is -2.11. The van der Waals surface area contributed by atoms with Gasteiger partial charge in [-0.05, 0) is 45.4 Å². The van der Waals surface area contributed by atoms with E-state index in [4.69, 9.17) is 11.6 Å². The zero-order chi connectivity index (χ0) is 11.2. The molecule has 80 valence electrons. The highest BCUT2D eigenvalue weighted by molar-refractivity contribution is 6.32. The molecule has 0 atom stereocenters. The van der Waals surface area contributed by atoms with Crippen molar-refractivity contribution in [1.82, 2.24) is 4.57 Å². The standard InChI is InChI=1S/C13H16ClN/c1-8(2)15-12-6-5-9(3)7-11(12)10(4)13(15)14/h5-8H,1-4H3. The monoisotopic (exact) mass is 221 g/mol. The lowest BCUT2D eigenvalue weighted by molar-refractivity contribution is 0.622.